The van der Waals surface area contributed by atoms with Crippen molar-refractivity contribution in [3.05, 3.63) is 12.7 Å². The summed E-state index contributed by atoms with van der Waals surface area (Å²) in [6.45, 7) is 6.68. The fourth-order valence-corrected chi connectivity index (χ4v) is 2.38. The molecule has 0 spiro atoms. The maximum atomic E-state index is 12.0. The van der Waals surface area contributed by atoms with Gasteiger partial charge in [0.05, 0.1) is 6.61 Å². The lowest BCUT2D eigenvalue weighted by Gasteiger charge is -2.30. The van der Waals surface area contributed by atoms with Gasteiger partial charge in [0.25, 0.3) is 0 Å². The second-order valence-electron chi connectivity index (χ2n) is 4.88. The van der Waals surface area contributed by atoms with Crippen LogP contribution in [0, 0.1) is 5.92 Å². The van der Waals surface area contributed by atoms with Gasteiger partial charge in [0.15, 0.2) is 0 Å². The van der Waals surface area contributed by atoms with E-state index in [0.717, 1.165) is 12.8 Å². The highest BCUT2D eigenvalue weighted by molar-refractivity contribution is 5.74. The van der Waals surface area contributed by atoms with Gasteiger partial charge >= 0.3 is 6.03 Å². The first-order valence-electron chi connectivity index (χ1n) is 6.44. The summed E-state index contributed by atoms with van der Waals surface area (Å²) in [5, 5.41) is 12.0. The minimum Gasteiger partial charge on any atom is -0.395 e. The fraction of sp³-hybridized carbons (Fsp3) is 0.769. The molecule has 0 aliphatic heterocycles. The van der Waals surface area contributed by atoms with Crippen molar-refractivity contribution in [3.8, 4) is 0 Å². The van der Waals surface area contributed by atoms with Gasteiger partial charge in [0.2, 0.25) is 0 Å². The maximum Gasteiger partial charge on any atom is 0.317 e. The molecule has 2 atom stereocenters. The molecular weight excluding hydrogens is 216 g/mol. The van der Waals surface area contributed by atoms with Crippen LogP contribution in [0.2, 0.25) is 0 Å². The number of hydrogen-bond acceptors (Lipinski definition) is 2. The van der Waals surface area contributed by atoms with Gasteiger partial charge in [-0.15, -0.1) is 6.58 Å². The number of aliphatic hydroxyl groups is 1. The quantitative estimate of drug-likeness (QED) is 0.719. The van der Waals surface area contributed by atoms with Crippen LogP contribution in [0.15, 0.2) is 12.7 Å². The third-order valence-corrected chi connectivity index (χ3v) is 3.27. The highest BCUT2D eigenvalue weighted by Crippen LogP contribution is 2.23. The number of hydrogen-bond donors (Lipinski definition) is 2. The molecule has 0 radical (unpaired) electrons. The van der Waals surface area contributed by atoms with E-state index in [9.17, 15) is 4.79 Å². The Hall–Kier alpha value is -1.03. The van der Waals surface area contributed by atoms with E-state index in [1.807, 2.05) is 0 Å². The van der Waals surface area contributed by atoms with E-state index in [2.05, 4.69) is 18.8 Å². The molecule has 1 saturated carbocycles. The van der Waals surface area contributed by atoms with E-state index >= 15 is 0 Å². The first-order chi connectivity index (χ1) is 8.17. The Labute approximate surface area is 104 Å². The van der Waals surface area contributed by atoms with E-state index in [4.69, 9.17) is 5.11 Å². The normalized spacial score (nSPS) is 24.1. The van der Waals surface area contributed by atoms with E-state index in [0.29, 0.717) is 19.0 Å². The molecule has 4 heteroatoms. The Kier molecular flexibility index (Phi) is 6.05. The number of carbonyl (C=O) groups excluding carboxylic acids is 1. The first-order valence-corrected chi connectivity index (χ1v) is 6.44. The summed E-state index contributed by atoms with van der Waals surface area (Å²) >= 11 is 0. The van der Waals surface area contributed by atoms with Crippen molar-refractivity contribution in [2.45, 2.75) is 38.6 Å². The van der Waals surface area contributed by atoms with Gasteiger partial charge in [-0.05, 0) is 18.8 Å². The lowest BCUT2D eigenvalue weighted by atomic mass is 9.87. The summed E-state index contributed by atoms with van der Waals surface area (Å²) in [7, 11) is 0. The van der Waals surface area contributed by atoms with E-state index in [1.54, 1.807) is 11.0 Å². The zero-order valence-corrected chi connectivity index (χ0v) is 10.7. The van der Waals surface area contributed by atoms with Gasteiger partial charge in [0, 0.05) is 19.1 Å². The van der Waals surface area contributed by atoms with Crippen LogP contribution in [0.3, 0.4) is 0 Å². The summed E-state index contributed by atoms with van der Waals surface area (Å²) in [6.07, 6.45) is 6.26. The zero-order valence-electron chi connectivity index (χ0n) is 10.7. The molecule has 0 aromatic rings. The molecule has 0 saturated heterocycles. The van der Waals surface area contributed by atoms with Crippen LogP contribution in [0.1, 0.15) is 32.6 Å². The summed E-state index contributed by atoms with van der Waals surface area (Å²) in [4.78, 5) is 13.5. The van der Waals surface area contributed by atoms with Crippen LogP contribution in [0.5, 0.6) is 0 Å². The lowest BCUT2D eigenvalue weighted by Crippen LogP contribution is -2.47. The summed E-state index contributed by atoms with van der Waals surface area (Å²) < 4.78 is 0. The fourth-order valence-electron chi connectivity index (χ4n) is 2.38. The number of aliphatic hydroxyl groups excluding tert-OH is 1. The first kappa shape index (κ1) is 14.0. The summed E-state index contributed by atoms with van der Waals surface area (Å²) in [5.74, 6) is 0.694. The van der Waals surface area contributed by atoms with Crippen molar-refractivity contribution >= 4 is 6.03 Å². The van der Waals surface area contributed by atoms with Crippen LogP contribution >= 0.6 is 0 Å². The third-order valence-electron chi connectivity index (χ3n) is 3.27. The zero-order chi connectivity index (χ0) is 12.7. The average Bonchev–Trinajstić information content (AvgIpc) is 2.28. The summed E-state index contributed by atoms with van der Waals surface area (Å²) in [6, 6.07) is 0.204. The highest BCUT2D eigenvalue weighted by Gasteiger charge is 2.22. The molecule has 1 aliphatic rings. The molecule has 1 fully saturated rings. The minimum atomic E-state index is -0.0851. The summed E-state index contributed by atoms with van der Waals surface area (Å²) in [5.41, 5.74) is 0. The van der Waals surface area contributed by atoms with E-state index in [1.165, 1.54) is 12.8 Å². The Bertz CT molecular complexity index is 256. The molecule has 4 nitrogen and oxygen atoms in total. The Morgan fingerprint density at radius 1 is 1.59 bits per heavy atom. The largest absolute Gasteiger partial charge is 0.395 e. The molecule has 2 amide bonds. The SMILES string of the molecule is C=CCN(CCO)C(=O)NC1CCCC(C)C1. The number of nitrogens with one attached hydrogen (secondary N) is 1. The molecule has 1 aliphatic carbocycles. The smallest absolute Gasteiger partial charge is 0.317 e. The number of rotatable bonds is 5. The Morgan fingerprint density at radius 3 is 2.94 bits per heavy atom. The van der Waals surface area contributed by atoms with Crippen LogP contribution < -0.4 is 5.32 Å². The number of nitrogens with zero attached hydrogens (tertiary/aromatic N) is 1. The van der Waals surface area contributed by atoms with Gasteiger partial charge in [-0.1, -0.05) is 25.8 Å². The topological polar surface area (TPSA) is 52.6 Å². The van der Waals surface area contributed by atoms with Crippen molar-refractivity contribution in [1.82, 2.24) is 10.2 Å². The number of urea groups is 1. The Morgan fingerprint density at radius 2 is 2.35 bits per heavy atom. The molecule has 0 heterocycles. The standard InChI is InChI=1S/C13H24N2O2/c1-3-7-15(8-9-16)13(17)14-12-6-4-5-11(2)10-12/h3,11-12,16H,1,4-10H2,2H3,(H,14,17). The van der Waals surface area contributed by atoms with E-state index in [-0.39, 0.29) is 18.7 Å². The van der Waals surface area contributed by atoms with Crippen LogP contribution in [-0.2, 0) is 0 Å². The number of amides is 2. The maximum absolute atomic E-state index is 12.0. The average molecular weight is 240 g/mol. The molecule has 0 aromatic heterocycles. The van der Waals surface area contributed by atoms with E-state index < -0.39 is 0 Å². The third kappa shape index (κ3) is 4.77. The van der Waals surface area contributed by atoms with Crippen LogP contribution in [0.4, 0.5) is 4.79 Å². The molecule has 1 rings (SSSR count). The second kappa shape index (κ2) is 7.33. The Balaban J connectivity index is 2.41. The molecular formula is C13H24N2O2. The molecule has 2 N–H and O–H groups in total. The van der Waals surface area contributed by atoms with Gasteiger partial charge in [-0.25, -0.2) is 4.79 Å². The molecule has 17 heavy (non-hydrogen) atoms. The van der Waals surface area contributed by atoms with Crippen molar-refractivity contribution in [2.24, 2.45) is 5.92 Å². The van der Waals surface area contributed by atoms with Crippen LogP contribution in [-0.4, -0.2) is 41.8 Å². The predicted octanol–water partition coefficient (Wildman–Crippen LogP) is 1.75. The predicted molar refractivity (Wildman–Crippen MR) is 68.8 cm³/mol. The van der Waals surface area contributed by atoms with Gasteiger partial charge in [0.1, 0.15) is 0 Å². The monoisotopic (exact) mass is 240 g/mol. The minimum absolute atomic E-state index is 0.0116. The molecule has 0 aromatic carbocycles. The number of carbonyl (C=O) groups is 1. The van der Waals surface area contributed by atoms with Crippen molar-refractivity contribution < 1.29 is 9.90 Å². The molecule has 0 bridgehead atoms. The molecule has 98 valence electrons. The van der Waals surface area contributed by atoms with Gasteiger partial charge in [-0.2, -0.15) is 0 Å². The van der Waals surface area contributed by atoms with Crippen molar-refractivity contribution in [2.75, 3.05) is 19.7 Å². The van der Waals surface area contributed by atoms with Gasteiger partial charge < -0.3 is 15.3 Å². The van der Waals surface area contributed by atoms with Crippen LogP contribution in [0.25, 0.3) is 0 Å². The van der Waals surface area contributed by atoms with Gasteiger partial charge in [-0.3, -0.25) is 0 Å². The lowest BCUT2D eigenvalue weighted by molar-refractivity contribution is 0.175. The highest BCUT2D eigenvalue weighted by atomic mass is 16.3. The van der Waals surface area contributed by atoms with Crippen molar-refractivity contribution in [3.63, 3.8) is 0 Å². The second-order valence-corrected chi connectivity index (χ2v) is 4.88. The molecule has 2 unspecified atom stereocenters. The van der Waals surface area contributed by atoms with Crippen molar-refractivity contribution in [1.29, 1.82) is 0 Å².